The molecule has 0 spiro atoms. The molecule has 0 aromatic rings. The summed E-state index contributed by atoms with van der Waals surface area (Å²) in [6.07, 6.45) is 15.2. The molecule has 0 aliphatic heterocycles. The van der Waals surface area contributed by atoms with Crippen LogP contribution in [0.1, 0.15) is 77.6 Å². The number of hydrogen-bond donors (Lipinski definition) is 1. The Labute approximate surface area is 95.8 Å². The molecule has 1 rings (SSSR count). The molecule has 1 aliphatic carbocycles. The molecule has 15 heavy (non-hydrogen) atoms. The summed E-state index contributed by atoms with van der Waals surface area (Å²) in [4.78, 5) is 0. The molecule has 2 atom stereocenters. The van der Waals surface area contributed by atoms with E-state index in [1.54, 1.807) is 0 Å². The minimum absolute atomic E-state index is 0.489. The van der Waals surface area contributed by atoms with Crippen LogP contribution in [0.5, 0.6) is 0 Å². The van der Waals surface area contributed by atoms with Gasteiger partial charge in [0.05, 0.1) is 0 Å². The Bertz CT molecular complexity index is 128. The second-order valence-corrected chi connectivity index (χ2v) is 5.49. The molecule has 1 saturated carbocycles. The van der Waals surface area contributed by atoms with E-state index in [0.717, 1.165) is 5.92 Å². The SMILES string of the molecule is CC1CCCCCCC(N)CCCCC1. The van der Waals surface area contributed by atoms with Crippen LogP contribution in [0.25, 0.3) is 0 Å². The molecule has 0 aromatic carbocycles. The van der Waals surface area contributed by atoms with Crippen LogP contribution in [-0.4, -0.2) is 6.04 Å². The van der Waals surface area contributed by atoms with E-state index in [1.165, 1.54) is 70.6 Å². The topological polar surface area (TPSA) is 26.0 Å². The monoisotopic (exact) mass is 211 g/mol. The lowest BCUT2D eigenvalue weighted by Crippen LogP contribution is -2.19. The predicted molar refractivity (Wildman–Crippen MR) is 67.9 cm³/mol. The summed E-state index contributed by atoms with van der Waals surface area (Å²) in [6, 6.07) is 0.489. The van der Waals surface area contributed by atoms with E-state index in [9.17, 15) is 0 Å². The first-order valence-electron chi connectivity index (χ1n) is 7.04. The zero-order valence-corrected chi connectivity index (χ0v) is 10.5. The third kappa shape index (κ3) is 6.94. The molecule has 2 unspecified atom stereocenters. The Morgan fingerprint density at radius 3 is 1.60 bits per heavy atom. The van der Waals surface area contributed by atoms with E-state index in [4.69, 9.17) is 5.73 Å². The van der Waals surface area contributed by atoms with E-state index in [-0.39, 0.29) is 0 Å². The molecular weight excluding hydrogens is 182 g/mol. The van der Waals surface area contributed by atoms with Crippen molar-refractivity contribution >= 4 is 0 Å². The molecule has 1 fully saturated rings. The molecule has 0 saturated heterocycles. The van der Waals surface area contributed by atoms with Crippen LogP contribution in [0.15, 0.2) is 0 Å². The highest BCUT2D eigenvalue weighted by Gasteiger charge is 2.06. The molecule has 1 heteroatoms. The Hall–Kier alpha value is -0.0400. The first-order valence-corrected chi connectivity index (χ1v) is 7.04. The van der Waals surface area contributed by atoms with Gasteiger partial charge < -0.3 is 5.73 Å². The smallest absolute Gasteiger partial charge is 0.00388 e. The van der Waals surface area contributed by atoms with Crippen LogP contribution in [0.2, 0.25) is 0 Å². The molecule has 2 N–H and O–H groups in total. The lowest BCUT2D eigenvalue weighted by Gasteiger charge is -2.10. The summed E-state index contributed by atoms with van der Waals surface area (Å²) < 4.78 is 0. The normalized spacial score (nSPS) is 32.4. The average molecular weight is 211 g/mol. The van der Waals surface area contributed by atoms with E-state index < -0.39 is 0 Å². The van der Waals surface area contributed by atoms with Crippen molar-refractivity contribution in [2.45, 2.75) is 83.6 Å². The summed E-state index contributed by atoms with van der Waals surface area (Å²) in [5.41, 5.74) is 6.08. The number of hydrogen-bond acceptors (Lipinski definition) is 1. The quantitative estimate of drug-likeness (QED) is 0.636. The minimum atomic E-state index is 0.489. The molecule has 1 nitrogen and oxygen atoms in total. The lowest BCUT2D eigenvalue weighted by molar-refractivity contribution is 0.438. The maximum absolute atomic E-state index is 6.08. The van der Waals surface area contributed by atoms with Crippen LogP contribution >= 0.6 is 0 Å². The summed E-state index contributed by atoms with van der Waals surface area (Å²) in [5, 5.41) is 0. The van der Waals surface area contributed by atoms with E-state index in [2.05, 4.69) is 6.92 Å². The summed E-state index contributed by atoms with van der Waals surface area (Å²) in [5.74, 6) is 0.958. The molecule has 90 valence electrons. The molecule has 0 radical (unpaired) electrons. The van der Waals surface area contributed by atoms with Gasteiger partial charge in [0, 0.05) is 6.04 Å². The van der Waals surface area contributed by atoms with Crippen molar-refractivity contribution in [1.29, 1.82) is 0 Å². The highest BCUT2D eigenvalue weighted by molar-refractivity contribution is 4.63. The molecule has 0 bridgehead atoms. The zero-order valence-electron chi connectivity index (χ0n) is 10.5. The summed E-state index contributed by atoms with van der Waals surface area (Å²) >= 11 is 0. The van der Waals surface area contributed by atoms with Crippen molar-refractivity contribution in [3.8, 4) is 0 Å². The highest BCUT2D eigenvalue weighted by Crippen LogP contribution is 2.19. The molecule has 0 aromatic heterocycles. The van der Waals surface area contributed by atoms with Crippen molar-refractivity contribution in [3.63, 3.8) is 0 Å². The van der Waals surface area contributed by atoms with Gasteiger partial charge in [-0.25, -0.2) is 0 Å². The van der Waals surface area contributed by atoms with Crippen molar-refractivity contribution in [2.24, 2.45) is 11.7 Å². The second kappa shape index (κ2) is 8.15. The minimum Gasteiger partial charge on any atom is -0.328 e. The first-order chi connectivity index (χ1) is 7.29. The Balaban J connectivity index is 2.20. The van der Waals surface area contributed by atoms with Gasteiger partial charge in [-0.3, -0.25) is 0 Å². The van der Waals surface area contributed by atoms with E-state index >= 15 is 0 Å². The summed E-state index contributed by atoms with van der Waals surface area (Å²) in [6.45, 7) is 2.42. The van der Waals surface area contributed by atoms with Gasteiger partial charge in [0.15, 0.2) is 0 Å². The van der Waals surface area contributed by atoms with Gasteiger partial charge >= 0.3 is 0 Å². The lowest BCUT2D eigenvalue weighted by atomic mass is 9.97. The van der Waals surface area contributed by atoms with Crippen molar-refractivity contribution in [2.75, 3.05) is 0 Å². The van der Waals surface area contributed by atoms with Gasteiger partial charge in [-0.15, -0.1) is 0 Å². The fraction of sp³-hybridized carbons (Fsp3) is 1.00. The van der Waals surface area contributed by atoms with Crippen molar-refractivity contribution in [3.05, 3.63) is 0 Å². The second-order valence-electron chi connectivity index (χ2n) is 5.49. The Morgan fingerprint density at radius 2 is 1.07 bits per heavy atom. The maximum Gasteiger partial charge on any atom is 0.00388 e. The van der Waals surface area contributed by atoms with Gasteiger partial charge in [-0.05, 0) is 18.8 Å². The Kier molecular flexibility index (Phi) is 7.08. The largest absolute Gasteiger partial charge is 0.328 e. The molecular formula is C14H29N. The third-order valence-electron chi connectivity index (χ3n) is 3.79. The van der Waals surface area contributed by atoms with Crippen LogP contribution in [-0.2, 0) is 0 Å². The first kappa shape index (κ1) is 13.0. The number of rotatable bonds is 0. The van der Waals surface area contributed by atoms with Crippen molar-refractivity contribution in [1.82, 2.24) is 0 Å². The van der Waals surface area contributed by atoms with Gasteiger partial charge in [0.1, 0.15) is 0 Å². The van der Waals surface area contributed by atoms with Gasteiger partial charge in [0.2, 0.25) is 0 Å². The fourth-order valence-electron chi connectivity index (χ4n) is 2.62. The van der Waals surface area contributed by atoms with Crippen LogP contribution in [0, 0.1) is 5.92 Å². The van der Waals surface area contributed by atoms with Crippen LogP contribution in [0.3, 0.4) is 0 Å². The molecule has 0 heterocycles. The molecule has 1 aliphatic rings. The third-order valence-corrected chi connectivity index (χ3v) is 3.79. The number of nitrogens with two attached hydrogens (primary N) is 1. The van der Waals surface area contributed by atoms with Gasteiger partial charge in [-0.1, -0.05) is 64.7 Å². The van der Waals surface area contributed by atoms with Crippen LogP contribution < -0.4 is 5.73 Å². The van der Waals surface area contributed by atoms with Crippen LogP contribution in [0.4, 0.5) is 0 Å². The van der Waals surface area contributed by atoms with Gasteiger partial charge in [-0.2, -0.15) is 0 Å². The fourth-order valence-corrected chi connectivity index (χ4v) is 2.62. The van der Waals surface area contributed by atoms with Crippen molar-refractivity contribution < 1.29 is 0 Å². The van der Waals surface area contributed by atoms with E-state index in [1.807, 2.05) is 0 Å². The van der Waals surface area contributed by atoms with E-state index in [0.29, 0.717) is 6.04 Å². The predicted octanol–water partition coefficient (Wildman–Crippen LogP) is 4.25. The van der Waals surface area contributed by atoms with Gasteiger partial charge in [0.25, 0.3) is 0 Å². The summed E-state index contributed by atoms with van der Waals surface area (Å²) in [7, 11) is 0. The average Bonchev–Trinajstić information content (AvgIpc) is 2.23. The standard InChI is InChI=1S/C14H29N/c1-13-9-5-2-3-7-11-14(15)12-8-4-6-10-13/h13-14H,2-12,15H2,1H3. The highest BCUT2D eigenvalue weighted by atomic mass is 14.6. The molecule has 0 amide bonds. The maximum atomic E-state index is 6.08. The zero-order chi connectivity index (χ0) is 10.9. The Morgan fingerprint density at radius 1 is 0.667 bits per heavy atom.